The molecule has 2 aliphatic rings. The SMILES string of the molecule is C=NC=Cc1c(C)c(C2=CC=C(NC(=O)Nc3ccc(Cl)c(C(F)(F)F)c3)CC2)cn1OCCCN1CCCC1. The zero-order chi connectivity index (χ0) is 28.7. The van der Waals surface area contributed by atoms with Gasteiger partial charge < -0.3 is 20.4 Å². The molecule has 0 unspecified atom stereocenters. The van der Waals surface area contributed by atoms with Gasteiger partial charge in [-0.05, 0) is 100 Å². The molecule has 1 saturated heterocycles. The van der Waals surface area contributed by atoms with Gasteiger partial charge in [-0.1, -0.05) is 17.7 Å². The minimum atomic E-state index is -4.62. The number of nitrogens with one attached hydrogen (secondary N) is 2. The van der Waals surface area contributed by atoms with Crippen molar-refractivity contribution in [1.29, 1.82) is 0 Å². The number of anilines is 1. The summed E-state index contributed by atoms with van der Waals surface area (Å²) in [6, 6.07) is 2.60. The summed E-state index contributed by atoms with van der Waals surface area (Å²) in [6.45, 7) is 9.47. The van der Waals surface area contributed by atoms with Crippen molar-refractivity contribution >= 4 is 41.7 Å². The van der Waals surface area contributed by atoms with Gasteiger partial charge in [-0.2, -0.15) is 17.9 Å². The van der Waals surface area contributed by atoms with Gasteiger partial charge in [0.05, 0.1) is 22.5 Å². The van der Waals surface area contributed by atoms with Crippen molar-refractivity contribution in [1.82, 2.24) is 14.9 Å². The molecular formula is C29H33ClF3N5O2. The highest BCUT2D eigenvalue weighted by Crippen LogP contribution is 2.36. The van der Waals surface area contributed by atoms with E-state index in [1.54, 1.807) is 17.0 Å². The third-order valence-corrected chi connectivity index (χ3v) is 7.29. The van der Waals surface area contributed by atoms with Crippen molar-refractivity contribution in [3.8, 4) is 0 Å². The second kappa shape index (κ2) is 13.2. The van der Waals surface area contributed by atoms with Crippen LogP contribution in [-0.4, -0.2) is 48.6 Å². The third-order valence-electron chi connectivity index (χ3n) is 6.96. The van der Waals surface area contributed by atoms with E-state index < -0.39 is 22.8 Å². The van der Waals surface area contributed by atoms with Crippen molar-refractivity contribution in [3.63, 3.8) is 0 Å². The molecule has 7 nitrogen and oxygen atoms in total. The lowest BCUT2D eigenvalue weighted by molar-refractivity contribution is -0.137. The highest BCUT2D eigenvalue weighted by Gasteiger charge is 2.33. The fourth-order valence-corrected chi connectivity index (χ4v) is 5.12. The lowest BCUT2D eigenvalue weighted by atomic mass is 9.95. The molecule has 2 amide bonds. The first-order valence-corrected chi connectivity index (χ1v) is 13.6. The second-order valence-electron chi connectivity index (χ2n) is 9.77. The summed E-state index contributed by atoms with van der Waals surface area (Å²) >= 11 is 5.65. The number of amides is 2. The maximum absolute atomic E-state index is 13.1. The number of nitrogens with zero attached hydrogens (tertiary/aromatic N) is 3. The highest BCUT2D eigenvalue weighted by molar-refractivity contribution is 6.31. The van der Waals surface area contributed by atoms with Gasteiger partial charge in [-0.25, -0.2) is 4.79 Å². The first kappa shape index (κ1) is 29.5. The molecule has 2 aromatic rings. The molecule has 2 N–H and O–H groups in total. The number of carbonyl (C=O) groups excluding carboxylic acids is 1. The van der Waals surface area contributed by atoms with Gasteiger partial charge in [-0.3, -0.25) is 4.99 Å². The number of benzene rings is 1. The van der Waals surface area contributed by atoms with Crippen LogP contribution in [0.25, 0.3) is 11.6 Å². The van der Waals surface area contributed by atoms with E-state index in [0.29, 0.717) is 25.1 Å². The van der Waals surface area contributed by atoms with E-state index in [0.717, 1.165) is 60.6 Å². The van der Waals surface area contributed by atoms with Gasteiger partial charge in [0.1, 0.15) is 6.61 Å². The number of hydrogen-bond acceptors (Lipinski definition) is 4. The van der Waals surface area contributed by atoms with Crippen LogP contribution < -0.4 is 15.5 Å². The van der Waals surface area contributed by atoms with Crippen LogP contribution in [0, 0.1) is 6.92 Å². The largest absolute Gasteiger partial charge is 0.417 e. The maximum Gasteiger partial charge on any atom is 0.417 e. The van der Waals surface area contributed by atoms with Crippen molar-refractivity contribution in [2.75, 3.05) is 31.6 Å². The van der Waals surface area contributed by atoms with Crippen molar-refractivity contribution in [2.45, 2.75) is 45.2 Å². The average molecular weight is 576 g/mol. The Hall–Kier alpha value is -3.50. The fraction of sp³-hybridized carbons (Fsp3) is 0.379. The van der Waals surface area contributed by atoms with Gasteiger partial charge in [0.2, 0.25) is 0 Å². The quantitative estimate of drug-likeness (QED) is 0.238. The number of hydrogen-bond donors (Lipinski definition) is 2. The van der Waals surface area contributed by atoms with Crippen LogP contribution in [0.1, 0.15) is 54.5 Å². The van der Waals surface area contributed by atoms with E-state index in [1.807, 2.05) is 25.3 Å². The predicted molar refractivity (Wildman–Crippen MR) is 153 cm³/mol. The van der Waals surface area contributed by atoms with Crippen LogP contribution in [0.4, 0.5) is 23.7 Å². The number of alkyl halides is 3. The van der Waals surface area contributed by atoms with Gasteiger partial charge in [0.15, 0.2) is 0 Å². The number of aromatic nitrogens is 1. The van der Waals surface area contributed by atoms with E-state index in [4.69, 9.17) is 16.4 Å². The normalized spacial score (nSPS) is 16.1. The van der Waals surface area contributed by atoms with Crippen LogP contribution in [-0.2, 0) is 6.18 Å². The highest BCUT2D eigenvalue weighted by atomic mass is 35.5. The Kier molecular flexibility index (Phi) is 9.76. The van der Waals surface area contributed by atoms with Gasteiger partial charge >= 0.3 is 12.2 Å². The van der Waals surface area contributed by atoms with E-state index >= 15 is 0 Å². The topological polar surface area (TPSA) is 70.9 Å². The minimum absolute atomic E-state index is 0.00569. The second-order valence-corrected chi connectivity index (χ2v) is 10.2. The number of urea groups is 1. The maximum atomic E-state index is 13.1. The number of allylic oxidation sites excluding steroid dienone is 4. The van der Waals surface area contributed by atoms with Crippen LogP contribution in [0.5, 0.6) is 0 Å². The fourth-order valence-electron chi connectivity index (χ4n) is 4.89. The summed E-state index contributed by atoms with van der Waals surface area (Å²) in [4.78, 5) is 24.8. The molecule has 0 radical (unpaired) electrons. The van der Waals surface area contributed by atoms with Crippen molar-refractivity contribution in [3.05, 3.63) is 75.9 Å². The average Bonchev–Trinajstić information content (AvgIpc) is 3.54. The molecule has 214 valence electrons. The van der Waals surface area contributed by atoms with Gasteiger partial charge in [-0.15, -0.1) is 0 Å². The number of rotatable bonds is 10. The molecule has 1 fully saturated rings. The molecular weight excluding hydrogens is 543 g/mol. The van der Waals surface area contributed by atoms with Crippen LogP contribution >= 0.6 is 11.6 Å². The molecule has 0 atom stereocenters. The molecule has 1 aliphatic heterocycles. The molecule has 1 aromatic carbocycles. The van der Waals surface area contributed by atoms with E-state index in [1.165, 1.54) is 18.9 Å². The zero-order valence-corrected chi connectivity index (χ0v) is 23.1. The predicted octanol–water partition coefficient (Wildman–Crippen LogP) is 6.94. The number of halogens is 4. The Bertz CT molecular complexity index is 1320. The smallest absolute Gasteiger partial charge is 0.414 e. The summed E-state index contributed by atoms with van der Waals surface area (Å²) in [5.74, 6) is 0. The first-order chi connectivity index (χ1) is 19.2. The standard InChI is InChI=1S/C29H33ClF3N5O2/c1-20-24(19-38(27(20)12-13-34-2)40-17-5-16-37-14-3-4-15-37)21-6-8-22(9-7-21)35-28(39)36-23-10-11-26(30)25(18-23)29(31,32)33/h6,8,10-13,18-19H,2-5,7,9,14-17H2,1H3,(H2,35,36,39). The van der Waals surface area contributed by atoms with E-state index in [-0.39, 0.29) is 5.69 Å². The van der Waals surface area contributed by atoms with E-state index in [9.17, 15) is 18.0 Å². The monoisotopic (exact) mass is 575 g/mol. The van der Waals surface area contributed by atoms with Crippen LogP contribution in [0.15, 0.2) is 53.4 Å². The number of likely N-dealkylation sites (tertiary alicyclic amines) is 1. The summed E-state index contributed by atoms with van der Waals surface area (Å²) < 4.78 is 41.1. The van der Waals surface area contributed by atoms with Gasteiger partial charge in [0.25, 0.3) is 0 Å². The Labute approximate surface area is 237 Å². The molecule has 0 spiro atoms. The summed E-state index contributed by atoms with van der Waals surface area (Å²) in [5.41, 5.74) is 3.67. The Balaban J connectivity index is 1.41. The van der Waals surface area contributed by atoms with Crippen molar-refractivity contribution in [2.24, 2.45) is 4.99 Å². The Morgan fingerprint density at radius 2 is 1.98 bits per heavy atom. The summed E-state index contributed by atoms with van der Waals surface area (Å²) in [7, 11) is 0. The lowest BCUT2D eigenvalue weighted by Gasteiger charge is -2.17. The number of carbonyl (C=O) groups is 1. The van der Waals surface area contributed by atoms with Gasteiger partial charge in [0, 0.05) is 29.7 Å². The Morgan fingerprint density at radius 1 is 1.20 bits per heavy atom. The first-order valence-electron chi connectivity index (χ1n) is 13.2. The van der Waals surface area contributed by atoms with Crippen LogP contribution in [0.2, 0.25) is 5.02 Å². The molecule has 1 aliphatic carbocycles. The number of aliphatic imine (C=N–C) groups is 1. The third kappa shape index (κ3) is 7.57. The molecule has 40 heavy (non-hydrogen) atoms. The lowest BCUT2D eigenvalue weighted by Crippen LogP contribution is -2.28. The summed E-state index contributed by atoms with van der Waals surface area (Å²) in [6.07, 6.45) is 9.26. The molecule has 1 aromatic heterocycles. The minimum Gasteiger partial charge on any atom is -0.414 e. The summed E-state index contributed by atoms with van der Waals surface area (Å²) in [5, 5.41) is 4.73. The Morgan fingerprint density at radius 3 is 2.65 bits per heavy atom. The molecule has 11 heteroatoms. The van der Waals surface area contributed by atoms with Crippen molar-refractivity contribution < 1.29 is 22.8 Å². The molecule has 0 bridgehead atoms. The zero-order valence-electron chi connectivity index (χ0n) is 22.4. The van der Waals surface area contributed by atoms with Crippen LogP contribution in [0.3, 0.4) is 0 Å². The molecule has 2 heterocycles. The molecule has 0 saturated carbocycles. The van der Waals surface area contributed by atoms with E-state index in [2.05, 4.69) is 27.2 Å². The molecule has 4 rings (SSSR count).